The number of hydrogen-bond acceptors (Lipinski definition) is 3. The van der Waals surface area contributed by atoms with Gasteiger partial charge in [-0.15, -0.1) is 0 Å². The molecule has 4 nitrogen and oxygen atoms in total. The molecular formula is C21H21NO3. The smallest absolute Gasteiger partial charge is 0.407 e. The molecule has 2 N–H and O–H groups in total. The summed E-state index contributed by atoms with van der Waals surface area (Å²) in [4.78, 5) is 12.3. The molecule has 1 amide bonds. The van der Waals surface area contributed by atoms with Crippen molar-refractivity contribution < 1.29 is 14.6 Å². The third kappa shape index (κ3) is 2.83. The van der Waals surface area contributed by atoms with Crippen LogP contribution in [0.3, 0.4) is 0 Å². The highest BCUT2D eigenvalue weighted by Crippen LogP contribution is 2.44. The van der Waals surface area contributed by atoms with Gasteiger partial charge in [0.2, 0.25) is 0 Å². The highest BCUT2D eigenvalue weighted by atomic mass is 16.5. The number of aliphatic hydroxyl groups is 1. The Balaban J connectivity index is 1.49. The second kappa shape index (κ2) is 6.37. The lowest BCUT2D eigenvalue weighted by atomic mass is 9.98. The van der Waals surface area contributed by atoms with E-state index in [1.807, 2.05) is 36.4 Å². The number of alkyl carbamates (subject to hydrolysis) is 1. The maximum atomic E-state index is 12.3. The van der Waals surface area contributed by atoms with Gasteiger partial charge in [-0.25, -0.2) is 4.79 Å². The lowest BCUT2D eigenvalue weighted by Crippen LogP contribution is -2.49. The Bertz CT molecular complexity index is 774. The first kappa shape index (κ1) is 15.9. The van der Waals surface area contributed by atoms with Crippen LogP contribution in [0, 0.1) is 0 Å². The van der Waals surface area contributed by atoms with Gasteiger partial charge in [-0.1, -0.05) is 60.7 Å². The standard InChI is InChI=1S/C21H21NO3/c23-14-21(11-5-6-12-21)22-20(24)25-13-19-17-9-3-1-7-15(17)16-8-2-4-10-18(16)19/h1-10,19,23H,11-14H2,(H,22,24). The Labute approximate surface area is 147 Å². The van der Waals surface area contributed by atoms with Crippen LogP contribution in [0.4, 0.5) is 4.79 Å². The highest BCUT2D eigenvalue weighted by Gasteiger charge is 2.34. The van der Waals surface area contributed by atoms with E-state index < -0.39 is 11.6 Å². The quantitative estimate of drug-likeness (QED) is 0.839. The molecule has 2 aromatic carbocycles. The molecule has 0 spiro atoms. The summed E-state index contributed by atoms with van der Waals surface area (Å²) >= 11 is 0. The molecule has 0 saturated heterocycles. The van der Waals surface area contributed by atoms with Crippen LogP contribution in [-0.2, 0) is 4.74 Å². The van der Waals surface area contributed by atoms with Crippen LogP contribution in [0.2, 0.25) is 0 Å². The molecule has 0 heterocycles. The fourth-order valence-electron chi connectivity index (χ4n) is 3.82. The Morgan fingerprint density at radius 1 is 1.04 bits per heavy atom. The second-order valence-corrected chi connectivity index (χ2v) is 6.77. The largest absolute Gasteiger partial charge is 0.449 e. The van der Waals surface area contributed by atoms with Gasteiger partial charge < -0.3 is 15.2 Å². The van der Waals surface area contributed by atoms with E-state index in [0.717, 1.165) is 0 Å². The van der Waals surface area contributed by atoms with Gasteiger partial charge >= 0.3 is 6.09 Å². The number of aliphatic hydroxyl groups excluding tert-OH is 1. The van der Waals surface area contributed by atoms with Crippen LogP contribution < -0.4 is 5.32 Å². The molecular weight excluding hydrogens is 314 g/mol. The van der Waals surface area contributed by atoms with Gasteiger partial charge in [-0.05, 0) is 35.1 Å². The SMILES string of the molecule is O=C(NC1(CO)CC=CC1)OCC1c2ccccc2-c2ccccc21. The number of nitrogens with one attached hydrogen (secondary N) is 1. The Morgan fingerprint density at radius 2 is 1.60 bits per heavy atom. The molecule has 0 radical (unpaired) electrons. The molecule has 2 aliphatic rings. The second-order valence-electron chi connectivity index (χ2n) is 6.77. The summed E-state index contributed by atoms with van der Waals surface area (Å²) < 4.78 is 5.54. The topological polar surface area (TPSA) is 58.6 Å². The molecule has 0 aliphatic heterocycles. The minimum atomic E-state index is -0.609. The summed E-state index contributed by atoms with van der Waals surface area (Å²) in [6.45, 7) is 0.193. The molecule has 0 unspecified atom stereocenters. The summed E-state index contributed by atoms with van der Waals surface area (Å²) in [5.74, 6) is 0.0462. The van der Waals surface area contributed by atoms with Gasteiger partial charge in [0, 0.05) is 5.92 Å². The number of carbonyl (C=O) groups excluding carboxylic acids is 1. The first-order valence-electron chi connectivity index (χ1n) is 8.61. The molecule has 0 fully saturated rings. The summed E-state index contributed by atoms with van der Waals surface area (Å²) in [5, 5.41) is 12.4. The van der Waals surface area contributed by atoms with Gasteiger partial charge in [0.15, 0.2) is 0 Å². The van der Waals surface area contributed by atoms with Gasteiger partial charge in [0.25, 0.3) is 0 Å². The maximum absolute atomic E-state index is 12.3. The van der Waals surface area contributed by atoms with Crippen molar-refractivity contribution in [1.29, 1.82) is 0 Å². The molecule has 25 heavy (non-hydrogen) atoms. The van der Waals surface area contributed by atoms with Crippen LogP contribution in [0.15, 0.2) is 60.7 Å². The molecule has 0 bridgehead atoms. The molecule has 2 aliphatic carbocycles. The minimum absolute atomic E-state index is 0.0462. The number of rotatable bonds is 4. The normalized spacial score (nSPS) is 17.2. The molecule has 4 heteroatoms. The number of benzene rings is 2. The van der Waals surface area contributed by atoms with Gasteiger partial charge in [0.05, 0.1) is 12.1 Å². The fraction of sp³-hybridized carbons (Fsp3) is 0.286. The van der Waals surface area contributed by atoms with Crippen molar-refractivity contribution in [2.45, 2.75) is 24.3 Å². The average Bonchev–Trinajstić information content (AvgIpc) is 3.23. The number of carbonyl (C=O) groups is 1. The van der Waals surface area contributed by atoms with Crippen molar-refractivity contribution >= 4 is 6.09 Å². The Kier molecular flexibility index (Phi) is 4.06. The lowest BCUT2D eigenvalue weighted by molar-refractivity contribution is 0.112. The van der Waals surface area contributed by atoms with Crippen LogP contribution in [0.5, 0.6) is 0 Å². The maximum Gasteiger partial charge on any atom is 0.407 e. The van der Waals surface area contributed by atoms with Crippen molar-refractivity contribution in [2.75, 3.05) is 13.2 Å². The Morgan fingerprint density at radius 3 is 2.16 bits per heavy atom. The van der Waals surface area contributed by atoms with Crippen molar-refractivity contribution in [1.82, 2.24) is 5.32 Å². The van der Waals surface area contributed by atoms with Crippen molar-refractivity contribution in [3.05, 3.63) is 71.8 Å². The zero-order chi connectivity index (χ0) is 17.3. The van der Waals surface area contributed by atoms with E-state index in [1.165, 1.54) is 22.3 Å². The molecule has 128 valence electrons. The van der Waals surface area contributed by atoms with Gasteiger partial charge in [-0.3, -0.25) is 0 Å². The lowest BCUT2D eigenvalue weighted by Gasteiger charge is -2.27. The molecule has 0 aromatic heterocycles. The molecule has 0 saturated carbocycles. The van der Waals surface area contributed by atoms with Crippen LogP contribution in [0.1, 0.15) is 29.9 Å². The first-order chi connectivity index (χ1) is 12.2. The van der Waals surface area contributed by atoms with Crippen molar-refractivity contribution in [2.24, 2.45) is 0 Å². The van der Waals surface area contributed by atoms with Crippen LogP contribution >= 0.6 is 0 Å². The van der Waals surface area contributed by atoms with Crippen LogP contribution in [-0.4, -0.2) is 30.0 Å². The van der Waals surface area contributed by atoms with Gasteiger partial charge in [-0.2, -0.15) is 0 Å². The third-order valence-electron chi connectivity index (χ3n) is 5.20. The number of ether oxygens (including phenoxy) is 1. The zero-order valence-electron chi connectivity index (χ0n) is 13.9. The van der Waals surface area contributed by atoms with E-state index in [-0.39, 0.29) is 19.1 Å². The number of fused-ring (bicyclic) bond motifs is 3. The zero-order valence-corrected chi connectivity index (χ0v) is 13.9. The van der Waals surface area contributed by atoms with Crippen molar-refractivity contribution in [3.63, 3.8) is 0 Å². The average molecular weight is 335 g/mol. The predicted octanol–water partition coefficient (Wildman–Crippen LogP) is 3.61. The molecule has 2 aromatic rings. The van der Waals surface area contributed by atoms with E-state index in [9.17, 15) is 9.90 Å². The fourth-order valence-corrected chi connectivity index (χ4v) is 3.82. The van der Waals surface area contributed by atoms with E-state index in [2.05, 4.69) is 29.6 Å². The monoisotopic (exact) mass is 335 g/mol. The summed E-state index contributed by atoms with van der Waals surface area (Å²) in [6, 6.07) is 16.5. The number of hydrogen-bond donors (Lipinski definition) is 2. The predicted molar refractivity (Wildman–Crippen MR) is 96.4 cm³/mol. The number of amides is 1. The highest BCUT2D eigenvalue weighted by molar-refractivity contribution is 5.79. The van der Waals surface area contributed by atoms with E-state index in [4.69, 9.17) is 4.74 Å². The summed E-state index contributed by atoms with van der Waals surface area (Å²) in [5.41, 5.74) is 4.19. The molecule has 4 rings (SSSR count). The summed E-state index contributed by atoms with van der Waals surface area (Å²) in [6.07, 6.45) is 4.74. The third-order valence-corrected chi connectivity index (χ3v) is 5.20. The Hall–Kier alpha value is -2.59. The summed E-state index contributed by atoms with van der Waals surface area (Å²) in [7, 11) is 0. The van der Waals surface area contributed by atoms with Gasteiger partial charge in [0.1, 0.15) is 6.61 Å². The first-order valence-corrected chi connectivity index (χ1v) is 8.61. The van der Waals surface area contributed by atoms with E-state index >= 15 is 0 Å². The van der Waals surface area contributed by atoms with E-state index in [1.54, 1.807) is 0 Å². The minimum Gasteiger partial charge on any atom is -0.449 e. The van der Waals surface area contributed by atoms with E-state index in [0.29, 0.717) is 12.8 Å². The van der Waals surface area contributed by atoms with Crippen LogP contribution in [0.25, 0.3) is 11.1 Å². The molecule has 0 atom stereocenters. The van der Waals surface area contributed by atoms with Crippen molar-refractivity contribution in [3.8, 4) is 11.1 Å².